The van der Waals surface area contributed by atoms with E-state index < -0.39 is 15.8 Å². The van der Waals surface area contributed by atoms with E-state index in [0.29, 0.717) is 23.4 Å². The summed E-state index contributed by atoms with van der Waals surface area (Å²) in [5.74, 6) is -0.646. The summed E-state index contributed by atoms with van der Waals surface area (Å²) in [6, 6.07) is 10.7. The number of aryl methyl sites for hydroxylation is 1. The number of ether oxygens (including phenoxy) is 1. The highest BCUT2D eigenvalue weighted by molar-refractivity contribution is 7.91. The zero-order valence-electron chi connectivity index (χ0n) is 16.3. The molecular weight excluding hydrogens is 392 g/mol. The minimum Gasteiger partial charge on any atom is -0.453 e. The van der Waals surface area contributed by atoms with Crippen molar-refractivity contribution in [1.82, 2.24) is 9.55 Å². The van der Waals surface area contributed by atoms with Crippen LogP contribution in [0.2, 0.25) is 0 Å². The van der Waals surface area contributed by atoms with Gasteiger partial charge in [-0.15, -0.1) is 0 Å². The van der Waals surface area contributed by atoms with Crippen molar-refractivity contribution in [3.05, 3.63) is 59.0 Å². The van der Waals surface area contributed by atoms with Crippen LogP contribution in [0, 0.1) is 13.8 Å². The van der Waals surface area contributed by atoms with Gasteiger partial charge in [-0.2, -0.15) is 0 Å². The Bertz CT molecular complexity index is 1190. The van der Waals surface area contributed by atoms with Crippen molar-refractivity contribution >= 4 is 32.5 Å². The van der Waals surface area contributed by atoms with Crippen LogP contribution in [-0.2, 0) is 14.6 Å². The van der Waals surface area contributed by atoms with Crippen molar-refractivity contribution in [2.75, 3.05) is 18.1 Å². The van der Waals surface area contributed by atoms with Crippen LogP contribution in [0.3, 0.4) is 0 Å². The Morgan fingerprint density at radius 2 is 1.97 bits per heavy atom. The van der Waals surface area contributed by atoms with Crippen LogP contribution in [0.15, 0.2) is 36.4 Å². The second-order valence-corrected chi connectivity index (χ2v) is 9.71. The highest BCUT2D eigenvalue weighted by Crippen LogP contribution is 2.29. The Morgan fingerprint density at radius 1 is 1.21 bits per heavy atom. The summed E-state index contributed by atoms with van der Waals surface area (Å²) in [6.45, 7) is 3.28. The van der Waals surface area contributed by atoms with Crippen LogP contribution < -0.4 is 0 Å². The van der Waals surface area contributed by atoms with Gasteiger partial charge in [-0.3, -0.25) is 4.79 Å². The van der Waals surface area contributed by atoms with Gasteiger partial charge in [-0.25, -0.2) is 13.2 Å². The molecule has 0 bridgehead atoms. The van der Waals surface area contributed by atoms with E-state index in [1.54, 1.807) is 19.1 Å². The van der Waals surface area contributed by atoms with E-state index >= 15 is 0 Å². The average molecular weight is 414 g/mol. The van der Waals surface area contributed by atoms with E-state index in [-0.39, 0.29) is 29.9 Å². The molecule has 1 aliphatic rings. The largest absolute Gasteiger partial charge is 0.453 e. The van der Waals surface area contributed by atoms with Crippen LogP contribution in [0.1, 0.15) is 44.7 Å². The number of carbonyl (C=O) groups is 2. The number of sulfone groups is 1. The summed E-state index contributed by atoms with van der Waals surface area (Å²) < 4.78 is 30.8. The molecule has 3 aromatic rings. The van der Waals surface area contributed by atoms with E-state index in [9.17, 15) is 18.0 Å². The number of hydrogen-bond acceptors (Lipinski definition) is 5. The Labute approximate surface area is 168 Å². The Hall–Kier alpha value is -2.87. The number of nitrogens with one attached hydrogen (secondary N) is 1. The third-order valence-electron chi connectivity index (χ3n) is 5.44. The number of hydrogen-bond donors (Lipinski definition) is 1. The molecule has 1 N–H and O–H groups in total. The number of benzene rings is 1. The minimum atomic E-state index is -3.03. The predicted octanol–water partition coefficient (Wildman–Crippen LogP) is 2.99. The zero-order valence-corrected chi connectivity index (χ0v) is 17.1. The molecule has 0 aliphatic carbocycles. The molecule has 2 aromatic heterocycles. The smallest absolute Gasteiger partial charge is 0.355 e. The highest BCUT2D eigenvalue weighted by Gasteiger charge is 2.31. The third-order valence-corrected chi connectivity index (χ3v) is 7.19. The summed E-state index contributed by atoms with van der Waals surface area (Å²) in [7, 11) is -3.03. The number of H-pyrrole nitrogens is 1. The summed E-state index contributed by atoms with van der Waals surface area (Å²) in [5, 5.41) is 0.890. The van der Waals surface area contributed by atoms with Gasteiger partial charge in [-0.05, 0) is 38.5 Å². The maximum absolute atomic E-state index is 12.7. The fourth-order valence-electron chi connectivity index (χ4n) is 4.07. The summed E-state index contributed by atoms with van der Waals surface area (Å²) in [5.41, 5.74) is 3.10. The number of para-hydroxylation sites is 1. The van der Waals surface area contributed by atoms with E-state index in [0.717, 1.165) is 16.6 Å². The van der Waals surface area contributed by atoms with Gasteiger partial charge in [0.1, 0.15) is 5.69 Å². The second-order valence-electron chi connectivity index (χ2n) is 7.48. The fraction of sp³-hybridized carbons (Fsp3) is 0.333. The van der Waals surface area contributed by atoms with E-state index in [1.807, 2.05) is 35.8 Å². The molecule has 0 saturated carbocycles. The van der Waals surface area contributed by atoms with Crippen molar-refractivity contribution in [1.29, 1.82) is 0 Å². The van der Waals surface area contributed by atoms with Gasteiger partial charge >= 0.3 is 5.97 Å². The highest BCUT2D eigenvalue weighted by atomic mass is 32.2. The summed E-state index contributed by atoms with van der Waals surface area (Å²) in [6.07, 6.45) is 0.543. The first kappa shape index (κ1) is 19.4. The van der Waals surface area contributed by atoms with Crippen LogP contribution in [0.4, 0.5) is 0 Å². The van der Waals surface area contributed by atoms with Crippen molar-refractivity contribution in [2.45, 2.75) is 26.3 Å². The Balaban J connectivity index is 1.47. The first-order valence-electron chi connectivity index (χ1n) is 9.42. The van der Waals surface area contributed by atoms with E-state index in [2.05, 4.69) is 4.98 Å². The van der Waals surface area contributed by atoms with Crippen molar-refractivity contribution < 1.29 is 22.7 Å². The Kier molecular flexibility index (Phi) is 4.82. The molecular formula is C21H22N2O5S. The molecule has 0 radical (unpaired) electrons. The topological polar surface area (TPSA) is 98.2 Å². The van der Waals surface area contributed by atoms with Crippen LogP contribution >= 0.6 is 0 Å². The quantitative estimate of drug-likeness (QED) is 0.511. The zero-order chi connectivity index (χ0) is 20.8. The van der Waals surface area contributed by atoms with E-state index in [4.69, 9.17) is 4.74 Å². The maximum Gasteiger partial charge on any atom is 0.355 e. The summed E-state index contributed by atoms with van der Waals surface area (Å²) >= 11 is 0. The monoisotopic (exact) mass is 414 g/mol. The number of aromatic nitrogens is 2. The minimum absolute atomic E-state index is 0.0896. The standard InChI is InChI=1S/C21H22N2O5S/c1-13-9-17(14(2)23(13)16-7-8-29(26,27)12-16)20(24)11-28-21(25)19-10-15-5-3-4-6-18(15)22-19/h3-6,9-10,16,22H,7-8,11-12H2,1-2H3/t16-/m1/s1. The van der Waals surface area contributed by atoms with Gasteiger partial charge in [0.15, 0.2) is 16.4 Å². The normalized spacial score (nSPS) is 18.2. The lowest BCUT2D eigenvalue weighted by Crippen LogP contribution is -2.17. The Morgan fingerprint density at radius 3 is 2.66 bits per heavy atom. The summed E-state index contributed by atoms with van der Waals surface area (Å²) in [4.78, 5) is 28.0. The number of aromatic amines is 1. The molecule has 3 heterocycles. The number of carbonyl (C=O) groups excluding carboxylic acids is 2. The van der Waals surface area contributed by atoms with Crippen LogP contribution in [0.25, 0.3) is 10.9 Å². The molecule has 1 aliphatic heterocycles. The van der Waals surface area contributed by atoms with Crippen LogP contribution in [0.5, 0.6) is 0 Å². The maximum atomic E-state index is 12.7. The van der Waals surface area contributed by atoms with Gasteiger partial charge in [0, 0.05) is 33.9 Å². The van der Waals surface area contributed by atoms with Crippen molar-refractivity contribution in [3.8, 4) is 0 Å². The van der Waals surface area contributed by atoms with Crippen molar-refractivity contribution in [2.24, 2.45) is 0 Å². The fourth-order valence-corrected chi connectivity index (χ4v) is 5.77. The number of Topliss-reactive ketones (excluding diaryl/α,β-unsaturated/α-hetero) is 1. The lowest BCUT2D eigenvalue weighted by atomic mass is 10.1. The lowest BCUT2D eigenvalue weighted by Gasteiger charge is -2.16. The molecule has 8 heteroatoms. The van der Waals surface area contributed by atoms with Gasteiger partial charge in [0.05, 0.1) is 11.5 Å². The molecule has 1 aromatic carbocycles. The first-order valence-corrected chi connectivity index (χ1v) is 11.2. The predicted molar refractivity (Wildman–Crippen MR) is 109 cm³/mol. The molecule has 1 fully saturated rings. The van der Waals surface area contributed by atoms with Crippen molar-refractivity contribution in [3.63, 3.8) is 0 Å². The average Bonchev–Trinajstić information content (AvgIpc) is 3.34. The molecule has 0 amide bonds. The number of nitrogens with zero attached hydrogens (tertiary/aromatic N) is 1. The first-order chi connectivity index (χ1) is 13.7. The molecule has 7 nitrogen and oxygen atoms in total. The second kappa shape index (κ2) is 7.18. The number of rotatable bonds is 5. The van der Waals surface area contributed by atoms with Gasteiger partial charge < -0.3 is 14.3 Å². The lowest BCUT2D eigenvalue weighted by molar-refractivity contribution is 0.0469. The molecule has 29 heavy (non-hydrogen) atoms. The molecule has 152 valence electrons. The van der Waals surface area contributed by atoms with E-state index in [1.165, 1.54) is 0 Å². The van der Waals surface area contributed by atoms with Gasteiger partial charge in [-0.1, -0.05) is 18.2 Å². The SMILES string of the molecule is Cc1cc(C(=O)COC(=O)c2cc3ccccc3[nH]2)c(C)n1[C@@H]1CCS(=O)(=O)C1. The molecule has 0 unspecified atom stereocenters. The molecule has 1 atom stereocenters. The number of fused-ring (bicyclic) bond motifs is 1. The number of esters is 1. The number of ketones is 1. The van der Waals surface area contributed by atoms with Crippen LogP contribution in [-0.4, -0.2) is 47.8 Å². The molecule has 1 saturated heterocycles. The molecule has 4 rings (SSSR count). The van der Waals surface area contributed by atoms with Gasteiger partial charge in [0.25, 0.3) is 0 Å². The third kappa shape index (κ3) is 3.72. The van der Waals surface area contributed by atoms with Gasteiger partial charge in [0.2, 0.25) is 5.78 Å². The molecule has 0 spiro atoms.